The first-order valence-electron chi connectivity index (χ1n) is 14.7. The minimum atomic E-state index is -0.153. The van der Waals surface area contributed by atoms with Crippen LogP contribution in [0.2, 0.25) is 0 Å². The van der Waals surface area contributed by atoms with Gasteiger partial charge in [0.1, 0.15) is 5.78 Å². The SMILES string of the molecule is Cc1c(-c2ccccc2)c(C(=O)NCCCN2CCCCC2)nn1-c1ccc(CC(=O)CCc2cccnc2)cc1. The van der Waals surface area contributed by atoms with Gasteiger partial charge in [0.15, 0.2) is 5.69 Å². The van der Waals surface area contributed by atoms with E-state index in [9.17, 15) is 9.59 Å². The number of ketones is 1. The van der Waals surface area contributed by atoms with E-state index in [1.807, 2.05) is 84.5 Å². The van der Waals surface area contributed by atoms with E-state index in [1.54, 1.807) is 6.20 Å². The summed E-state index contributed by atoms with van der Waals surface area (Å²) in [4.78, 5) is 32.6. The van der Waals surface area contributed by atoms with Gasteiger partial charge in [-0.25, -0.2) is 4.68 Å². The maximum atomic E-state index is 13.4. The summed E-state index contributed by atoms with van der Waals surface area (Å²) in [6, 6.07) is 21.7. The lowest BCUT2D eigenvalue weighted by molar-refractivity contribution is -0.118. The van der Waals surface area contributed by atoms with Crippen molar-refractivity contribution in [3.63, 3.8) is 0 Å². The summed E-state index contributed by atoms with van der Waals surface area (Å²) in [6.07, 6.45) is 9.91. The molecule has 1 fully saturated rings. The number of carbonyl (C=O) groups excluding carboxylic acids is 2. The van der Waals surface area contributed by atoms with Gasteiger partial charge in [-0.15, -0.1) is 0 Å². The van der Waals surface area contributed by atoms with Crippen LogP contribution in [-0.2, 0) is 17.6 Å². The standard InChI is InChI=1S/C34H39N5O2/c1-26-32(29-11-4-2-5-12-29)33(34(41)36-20-9-23-38-21-6-3-7-22-38)37-39(26)30-16-13-27(14-17-30)24-31(40)18-15-28-10-8-19-35-25-28/h2,4-5,8,10-14,16-17,19,25H,3,6-7,9,15,18,20-24H2,1H3,(H,36,41). The number of likely N-dealkylation sites (tertiary alicyclic amines) is 1. The number of rotatable bonds is 12. The number of piperidine rings is 1. The molecule has 1 saturated heterocycles. The number of pyridine rings is 1. The predicted molar refractivity (Wildman–Crippen MR) is 162 cm³/mol. The number of carbonyl (C=O) groups is 2. The van der Waals surface area contributed by atoms with Crippen molar-refractivity contribution in [2.24, 2.45) is 0 Å². The van der Waals surface area contributed by atoms with Gasteiger partial charge in [0.25, 0.3) is 5.91 Å². The number of amides is 1. The molecule has 2 aromatic heterocycles. The number of nitrogens with zero attached hydrogens (tertiary/aromatic N) is 4. The smallest absolute Gasteiger partial charge is 0.272 e. The van der Waals surface area contributed by atoms with Crippen molar-refractivity contribution in [2.45, 2.75) is 51.9 Å². The van der Waals surface area contributed by atoms with Crippen molar-refractivity contribution >= 4 is 11.7 Å². The lowest BCUT2D eigenvalue weighted by atomic mass is 10.0. The molecule has 0 saturated carbocycles. The molecule has 212 valence electrons. The molecule has 41 heavy (non-hydrogen) atoms. The third-order valence-corrected chi connectivity index (χ3v) is 7.78. The van der Waals surface area contributed by atoms with Crippen molar-refractivity contribution in [2.75, 3.05) is 26.2 Å². The molecule has 0 aliphatic carbocycles. The molecule has 1 amide bonds. The summed E-state index contributed by atoms with van der Waals surface area (Å²) in [5, 5.41) is 7.91. The van der Waals surface area contributed by atoms with Gasteiger partial charge in [0, 0.05) is 43.0 Å². The van der Waals surface area contributed by atoms with E-state index in [1.165, 1.54) is 19.3 Å². The van der Waals surface area contributed by atoms with E-state index in [-0.39, 0.29) is 11.7 Å². The third-order valence-electron chi connectivity index (χ3n) is 7.78. The van der Waals surface area contributed by atoms with Crippen LogP contribution in [0.25, 0.3) is 16.8 Å². The highest BCUT2D eigenvalue weighted by Crippen LogP contribution is 2.29. The van der Waals surface area contributed by atoms with Crippen LogP contribution in [0, 0.1) is 6.92 Å². The molecule has 3 heterocycles. The van der Waals surface area contributed by atoms with Crippen LogP contribution in [0.3, 0.4) is 0 Å². The van der Waals surface area contributed by atoms with Gasteiger partial charge in [-0.1, -0.05) is 55.0 Å². The van der Waals surface area contributed by atoms with Crippen LogP contribution in [0.5, 0.6) is 0 Å². The van der Waals surface area contributed by atoms with Gasteiger partial charge < -0.3 is 10.2 Å². The van der Waals surface area contributed by atoms with Crippen LogP contribution >= 0.6 is 0 Å². The van der Waals surface area contributed by atoms with Crippen LogP contribution in [0.4, 0.5) is 0 Å². The Balaban J connectivity index is 1.27. The Labute approximate surface area is 242 Å². The first kappa shape index (κ1) is 28.4. The zero-order valence-corrected chi connectivity index (χ0v) is 23.9. The molecule has 0 unspecified atom stereocenters. The lowest BCUT2D eigenvalue weighted by Gasteiger charge is -2.26. The second-order valence-electron chi connectivity index (χ2n) is 10.8. The first-order valence-corrected chi connectivity index (χ1v) is 14.7. The highest BCUT2D eigenvalue weighted by atomic mass is 16.2. The maximum Gasteiger partial charge on any atom is 0.272 e. The zero-order chi connectivity index (χ0) is 28.4. The van der Waals surface area contributed by atoms with Crippen molar-refractivity contribution in [3.05, 3.63) is 102 Å². The molecule has 5 rings (SSSR count). The zero-order valence-electron chi connectivity index (χ0n) is 23.9. The Bertz CT molecular complexity index is 1430. The van der Waals surface area contributed by atoms with Crippen molar-refractivity contribution in [3.8, 4) is 16.8 Å². The van der Waals surface area contributed by atoms with E-state index in [4.69, 9.17) is 5.10 Å². The largest absolute Gasteiger partial charge is 0.351 e. The molecular formula is C34H39N5O2. The monoisotopic (exact) mass is 549 g/mol. The summed E-state index contributed by atoms with van der Waals surface area (Å²) in [7, 11) is 0. The van der Waals surface area contributed by atoms with E-state index in [0.29, 0.717) is 31.5 Å². The van der Waals surface area contributed by atoms with E-state index < -0.39 is 0 Å². The van der Waals surface area contributed by atoms with Gasteiger partial charge in [-0.05, 0) is 87.1 Å². The van der Waals surface area contributed by atoms with Crippen LogP contribution in [0.15, 0.2) is 79.1 Å². The quantitative estimate of drug-likeness (QED) is 0.233. The summed E-state index contributed by atoms with van der Waals surface area (Å²) in [5.41, 5.74) is 6.03. The Morgan fingerprint density at radius 3 is 2.41 bits per heavy atom. The van der Waals surface area contributed by atoms with Crippen molar-refractivity contribution < 1.29 is 9.59 Å². The predicted octanol–water partition coefficient (Wildman–Crippen LogP) is 5.59. The first-order chi connectivity index (χ1) is 20.1. The highest BCUT2D eigenvalue weighted by molar-refractivity contribution is 5.99. The molecule has 7 nitrogen and oxygen atoms in total. The van der Waals surface area contributed by atoms with Gasteiger partial charge in [-0.2, -0.15) is 5.10 Å². The fraction of sp³-hybridized carbons (Fsp3) is 0.353. The molecule has 4 aromatic rings. The third kappa shape index (κ3) is 7.55. The van der Waals surface area contributed by atoms with Gasteiger partial charge in [-0.3, -0.25) is 14.6 Å². The number of hydrogen-bond donors (Lipinski definition) is 1. The summed E-state index contributed by atoms with van der Waals surface area (Å²) < 4.78 is 1.83. The topological polar surface area (TPSA) is 80.1 Å². The summed E-state index contributed by atoms with van der Waals surface area (Å²) >= 11 is 0. The number of aromatic nitrogens is 3. The second-order valence-corrected chi connectivity index (χ2v) is 10.8. The van der Waals surface area contributed by atoms with Crippen LogP contribution < -0.4 is 5.32 Å². The van der Waals surface area contributed by atoms with Gasteiger partial charge >= 0.3 is 0 Å². The Hall–Kier alpha value is -4.10. The molecule has 0 atom stereocenters. The second kappa shape index (κ2) is 14.0. The normalized spacial score (nSPS) is 13.7. The molecule has 1 N–H and O–H groups in total. The Kier molecular flexibility index (Phi) is 9.70. The number of nitrogens with one attached hydrogen (secondary N) is 1. The molecule has 7 heteroatoms. The highest BCUT2D eigenvalue weighted by Gasteiger charge is 2.23. The number of Topliss-reactive ketones (excluding diaryl/α,β-unsaturated/α-hetero) is 1. The summed E-state index contributed by atoms with van der Waals surface area (Å²) in [5.74, 6) is 0.0441. The number of benzene rings is 2. The van der Waals surface area contributed by atoms with E-state index >= 15 is 0 Å². The van der Waals surface area contributed by atoms with Crippen molar-refractivity contribution in [1.82, 2.24) is 25.0 Å². The summed E-state index contributed by atoms with van der Waals surface area (Å²) in [6.45, 7) is 5.96. The fourth-order valence-electron chi connectivity index (χ4n) is 5.54. The average Bonchev–Trinajstić information content (AvgIpc) is 3.37. The average molecular weight is 550 g/mol. The molecule has 1 aliphatic rings. The van der Waals surface area contributed by atoms with Crippen LogP contribution in [-0.4, -0.2) is 57.5 Å². The Morgan fingerprint density at radius 1 is 0.902 bits per heavy atom. The van der Waals surface area contributed by atoms with E-state index in [0.717, 1.165) is 59.7 Å². The Morgan fingerprint density at radius 2 is 1.68 bits per heavy atom. The minimum Gasteiger partial charge on any atom is -0.351 e. The molecule has 1 aliphatic heterocycles. The molecule has 0 bridgehead atoms. The maximum absolute atomic E-state index is 13.4. The molecule has 2 aromatic carbocycles. The van der Waals surface area contributed by atoms with Crippen molar-refractivity contribution in [1.29, 1.82) is 0 Å². The lowest BCUT2D eigenvalue weighted by Crippen LogP contribution is -2.33. The molecule has 0 radical (unpaired) electrons. The van der Waals surface area contributed by atoms with E-state index in [2.05, 4.69) is 15.2 Å². The van der Waals surface area contributed by atoms with Crippen LogP contribution in [0.1, 0.15) is 59.4 Å². The molecule has 0 spiro atoms. The fourth-order valence-corrected chi connectivity index (χ4v) is 5.54. The van der Waals surface area contributed by atoms with Gasteiger partial charge in [0.05, 0.1) is 5.69 Å². The number of hydrogen-bond acceptors (Lipinski definition) is 5. The minimum absolute atomic E-state index is 0.153. The number of aryl methyl sites for hydroxylation is 1. The molecular weight excluding hydrogens is 510 g/mol. The van der Waals surface area contributed by atoms with Gasteiger partial charge in [0.2, 0.25) is 0 Å².